The molecule has 1 aromatic heterocycles. The molecule has 8 heteroatoms. The summed E-state index contributed by atoms with van der Waals surface area (Å²) in [4.78, 5) is 23.7. The average Bonchev–Trinajstić information content (AvgIpc) is 2.94. The number of aryl methyl sites for hydroxylation is 1. The van der Waals surface area contributed by atoms with Crippen LogP contribution < -0.4 is 16.4 Å². The number of phenolic OH excluding ortho intramolecular Hbond substituents is 1. The van der Waals surface area contributed by atoms with Crippen molar-refractivity contribution in [1.82, 2.24) is 20.4 Å². The van der Waals surface area contributed by atoms with Gasteiger partial charge in [-0.1, -0.05) is 12.1 Å². The van der Waals surface area contributed by atoms with E-state index >= 15 is 0 Å². The maximum absolute atomic E-state index is 12.1. The molecule has 134 valence electrons. The molecule has 0 saturated heterocycles. The van der Waals surface area contributed by atoms with Gasteiger partial charge in [-0.05, 0) is 31.5 Å². The molecule has 0 aliphatic heterocycles. The van der Waals surface area contributed by atoms with Crippen LogP contribution in [0.1, 0.15) is 23.7 Å². The number of hydrogen-bond donors (Lipinski definition) is 4. The van der Waals surface area contributed by atoms with Gasteiger partial charge in [0.15, 0.2) is 0 Å². The number of primary amides is 1. The first-order valence-electron chi connectivity index (χ1n) is 8.03. The Morgan fingerprint density at radius 3 is 2.56 bits per heavy atom. The molecule has 3 amide bonds. The van der Waals surface area contributed by atoms with Gasteiger partial charge in [0.2, 0.25) is 5.91 Å². The minimum atomic E-state index is -0.844. The number of carbonyl (C=O) groups is 2. The Hall–Kier alpha value is -3.03. The molecule has 5 N–H and O–H groups in total. The van der Waals surface area contributed by atoms with Crippen molar-refractivity contribution in [2.45, 2.75) is 39.4 Å². The van der Waals surface area contributed by atoms with E-state index in [1.54, 1.807) is 18.3 Å². The van der Waals surface area contributed by atoms with Crippen molar-refractivity contribution >= 4 is 11.9 Å². The van der Waals surface area contributed by atoms with Crippen molar-refractivity contribution < 1.29 is 14.7 Å². The number of nitrogens with two attached hydrogens (primary N) is 1. The molecule has 2 aromatic rings. The summed E-state index contributed by atoms with van der Waals surface area (Å²) >= 11 is 0. The van der Waals surface area contributed by atoms with Gasteiger partial charge in [0.25, 0.3) is 0 Å². The van der Waals surface area contributed by atoms with Crippen molar-refractivity contribution in [3.63, 3.8) is 0 Å². The van der Waals surface area contributed by atoms with Gasteiger partial charge in [0, 0.05) is 30.8 Å². The zero-order valence-electron chi connectivity index (χ0n) is 14.3. The summed E-state index contributed by atoms with van der Waals surface area (Å²) in [6.45, 7) is 4.99. The van der Waals surface area contributed by atoms with Gasteiger partial charge in [-0.2, -0.15) is 5.10 Å². The van der Waals surface area contributed by atoms with Crippen LogP contribution >= 0.6 is 0 Å². The standard InChI is InChI=1S/C17H23N5O3/c1-3-22-11(2)13(10-20-22)9-19-17(25)21-15(16(18)24)8-12-4-6-14(23)7-5-12/h4-7,10,15,23H,3,8-9H2,1-2H3,(H2,18,24)(H2,19,21,25)/t15-/m0/s1. The van der Waals surface area contributed by atoms with E-state index in [1.807, 2.05) is 18.5 Å². The van der Waals surface area contributed by atoms with Gasteiger partial charge in [0.1, 0.15) is 11.8 Å². The second-order valence-electron chi connectivity index (χ2n) is 5.72. The topological polar surface area (TPSA) is 122 Å². The number of carbonyl (C=O) groups excluding carboxylic acids is 2. The molecule has 0 aliphatic rings. The van der Waals surface area contributed by atoms with E-state index in [0.29, 0.717) is 6.54 Å². The molecular weight excluding hydrogens is 322 g/mol. The molecule has 0 unspecified atom stereocenters. The third-order valence-electron chi connectivity index (χ3n) is 3.97. The van der Waals surface area contributed by atoms with Gasteiger partial charge in [-0.15, -0.1) is 0 Å². The molecule has 1 atom stereocenters. The summed E-state index contributed by atoms with van der Waals surface area (Å²) in [6, 6.07) is 5.06. The molecule has 25 heavy (non-hydrogen) atoms. The molecule has 0 bridgehead atoms. The summed E-state index contributed by atoms with van der Waals surface area (Å²) in [5, 5.41) is 18.8. The zero-order chi connectivity index (χ0) is 18.4. The van der Waals surface area contributed by atoms with E-state index in [4.69, 9.17) is 5.73 Å². The Labute approximate surface area is 146 Å². The number of benzene rings is 1. The molecular formula is C17H23N5O3. The van der Waals surface area contributed by atoms with Crippen LogP contribution in [0.15, 0.2) is 30.5 Å². The number of rotatable bonds is 7. The lowest BCUT2D eigenvalue weighted by atomic mass is 10.1. The normalized spacial score (nSPS) is 11.8. The molecule has 0 spiro atoms. The van der Waals surface area contributed by atoms with Gasteiger partial charge in [-0.25, -0.2) is 4.79 Å². The molecule has 8 nitrogen and oxygen atoms in total. The number of nitrogens with one attached hydrogen (secondary N) is 2. The van der Waals surface area contributed by atoms with E-state index in [0.717, 1.165) is 23.4 Å². The lowest BCUT2D eigenvalue weighted by Gasteiger charge is -2.16. The van der Waals surface area contributed by atoms with Crippen LogP contribution in [0.4, 0.5) is 4.79 Å². The van der Waals surface area contributed by atoms with Crippen molar-refractivity contribution in [2.24, 2.45) is 5.73 Å². The van der Waals surface area contributed by atoms with Crippen molar-refractivity contribution in [3.8, 4) is 5.75 Å². The summed E-state index contributed by atoms with van der Waals surface area (Å²) in [7, 11) is 0. The molecule has 1 heterocycles. The fourth-order valence-electron chi connectivity index (χ4n) is 2.45. The SMILES string of the molecule is CCn1ncc(CNC(=O)N[C@@H](Cc2ccc(O)cc2)C(N)=O)c1C. The fourth-order valence-corrected chi connectivity index (χ4v) is 2.45. The van der Waals surface area contributed by atoms with Crippen LogP contribution in [0.2, 0.25) is 0 Å². The largest absolute Gasteiger partial charge is 0.508 e. The summed E-state index contributed by atoms with van der Waals surface area (Å²) < 4.78 is 1.84. The minimum Gasteiger partial charge on any atom is -0.508 e. The van der Waals surface area contributed by atoms with Crippen LogP contribution in [-0.4, -0.2) is 32.9 Å². The Balaban J connectivity index is 1.92. The molecule has 0 fully saturated rings. The molecule has 2 rings (SSSR count). The summed E-state index contributed by atoms with van der Waals surface area (Å²) in [6.07, 6.45) is 1.96. The van der Waals surface area contributed by atoms with E-state index < -0.39 is 18.0 Å². The summed E-state index contributed by atoms with van der Waals surface area (Å²) in [5.41, 5.74) is 8.04. The first-order valence-corrected chi connectivity index (χ1v) is 8.03. The van der Waals surface area contributed by atoms with Gasteiger partial charge in [0.05, 0.1) is 6.20 Å². The zero-order valence-corrected chi connectivity index (χ0v) is 14.3. The highest BCUT2D eigenvalue weighted by molar-refractivity contribution is 5.86. The first kappa shape index (κ1) is 18.3. The van der Waals surface area contributed by atoms with Crippen LogP contribution in [0.25, 0.3) is 0 Å². The number of phenols is 1. The van der Waals surface area contributed by atoms with Crippen LogP contribution in [-0.2, 0) is 24.3 Å². The summed E-state index contributed by atoms with van der Waals surface area (Å²) in [5.74, 6) is -0.494. The van der Waals surface area contributed by atoms with Gasteiger partial charge < -0.3 is 21.5 Å². The predicted octanol–water partition coefficient (Wildman–Crippen LogP) is 0.813. The fraction of sp³-hybridized carbons (Fsp3) is 0.353. The quantitative estimate of drug-likeness (QED) is 0.593. The van der Waals surface area contributed by atoms with Crippen molar-refractivity contribution in [2.75, 3.05) is 0 Å². The van der Waals surface area contributed by atoms with Gasteiger partial charge >= 0.3 is 6.03 Å². The number of amides is 3. The van der Waals surface area contributed by atoms with Crippen LogP contribution in [0.3, 0.4) is 0 Å². The Morgan fingerprint density at radius 1 is 1.32 bits per heavy atom. The smallest absolute Gasteiger partial charge is 0.315 e. The second-order valence-corrected chi connectivity index (χ2v) is 5.72. The third kappa shape index (κ3) is 4.97. The third-order valence-corrected chi connectivity index (χ3v) is 3.97. The highest BCUT2D eigenvalue weighted by atomic mass is 16.3. The number of urea groups is 1. The lowest BCUT2D eigenvalue weighted by molar-refractivity contribution is -0.119. The van der Waals surface area contributed by atoms with E-state index in [1.165, 1.54) is 12.1 Å². The van der Waals surface area contributed by atoms with Crippen molar-refractivity contribution in [1.29, 1.82) is 0 Å². The predicted molar refractivity (Wildman–Crippen MR) is 92.8 cm³/mol. The Bertz CT molecular complexity index is 739. The first-order chi connectivity index (χ1) is 11.9. The highest BCUT2D eigenvalue weighted by Crippen LogP contribution is 2.11. The number of nitrogens with zero attached hydrogens (tertiary/aromatic N) is 2. The van der Waals surface area contributed by atoms with Crippen LogP contribution in [0, 0.1) is 6.92 Å². The van der Waals surface area contributed by atoms with E-state index in [2.05, 4.69) is 15.7 Å². The minimum absolute atomic E-state index is 0.132. The Kier molecular flexibility index (Phi) is 5.99. The molecule has 0 saturated carbocycles. The highest BCUT2D eigenvalue weighted by Gasteiger charge is 2.19. The number of aromatic hydroxyl groups is 1. The molecule has 0 radical (unpaired) electrons. The molecule has 0 aliphatic carbocycles. The maximum atomic E-state index is 12.1. The lowest BCUT2D eigenvalue weighted by Crippen LogP contribution is -2.49. The van der Waals surface area contributed by atoms with Crippen molar-refractivity contribution in [3.05, 3.63) is 47.3 Å². The number of aromatic nitrogens is 2. The Morgan fingerprint density at radius 2 is 2.00 bits per heavy atom. The monoisotopic (exact) mass is 345 g/mol. The maximum Gasteiger partial charge on any atom is 0.315 e. The molecule has 1 aromatic carbocycles. The second kappa shape index (κ2) is 8.18. The van der Waals surface area contributed by atoms with E-state index in [9.17, 15) is 14.7 Å². The van der Waals surface area contributed by atoms with Crippen LogP contribution in [0.5, 0.6) is 5.75 Å². The number of hydrogen-bond acceptors (Lipinski definition) is 4. The average molecular weight is 345 g/mol. The van der Waals surface area contributed by atoms with Gasteiger partial charge in [-0.3, -0.25) is 9.48 Å². The van der Waals surface area contributed by atoms with E-state index in [-0.39, 0.29) is 12.2 Å².